The summed E-state index contributed by atoms with van der Waals surface area (Å²) in [5, 5.41) is 39.4. The number of nitrogen functional groups attached to an aromatic ring is 1. The molecule has 0 amide bonds. The molecule has 1 aliphatic heterocycles. The van der Waals surface area contributed by atoms with Crippen molar-refractivity contribution in [2.24, 2.45) is 0 Å². The summed E-state index contributed by atoms with van der Waals surface area (Å²) in [6, 6.07) is 9.27. The molecule has 4 atom stereocenters. The zero-order chi connectivity index (χ0) is 26.4. The summed E-state index contributed by atoms with van der Waals surface area (Å²) in [4.78, 5) is 25.2. The quantitative estimate of drug-likeness (QED) is 0.273. The lowest BCUT2D eigenvalue weighted by Crippen LogP contribution is -2.40. The zero-order valence-corrected chi connectivity index (χ0v) is 20.1. The number of aliphatic hydroxyl groups excluding tert-OH is 2. The van der Waals surface area contributed by atoms with Gasteiger partial charge in [0.1, 0.15) is 30.2 Å². The molecule has 12 heteroatoms. The number of nitriles is 1. The first-order valence-corrected chi connectivity index (χ1v) is 11.9. The zero-order valence-electron chi connectivity index (χ0n) is 20.1. The Morgan fingerprint density at radius 3 is 2.70 bits per heavy atom. The Morgan fingerprint density at radius 2 is 1.97 bits per heavy atom. The van der Waals surface area contributed by atoms with Gasteiger partial charge < -0.3 is 25.8 Å². The Balaban J connectivity index is 1.45. The Labute approximate surface area is 213 Å². The molecule has 4 rings (SSSR count). The topological polar surface area (TPSA) is 184 Å². The number of carboxylic acid groups (broad SMARTS) is 1. The van der Waals surface area contributed by atoms with Gasteiger partial charge in [-0.25, -0.2) is 15.0 Å². The maximum absolute atomic E-state index is 10.9. The number of hydrogen-bond donors (Lipinski definition) is 4. The summed E-state index contributed by atoms with van der Waals surface area (Å²) in [6.45, 7) is 1.40. The summed E-state index contributed by atoms with van der Waals surface area (Å²) in [5.74, 6) is -0.639. The van der Waals surface area contributed by atoms with Crippen LogP contribution in [-0.4, -0.2) is 83.7 Å². The monoisotopic (exact) mass is 507 g/mol. The van der Waals surface area contributed by atoms with Crippen LogP contribution in [0.15, 0.2) is 43.0 Å². The molecule has 0 radical (unpaired) electrons. The lowest BCUT2D eigenvalue weighted by Gasteiger charge is -2.25. The van der Waals surface area contributed by atoms with Crippen LogP contribution in [0.3, 0.4) is 0 Å². The number of benzene rings is 1. The summed E-state index contributed by atoms with van der Waals surface area (Å²) in [5.41, 5.74) is 8.14. The van der Waals surface area contributed by atoms with Gasteiger partial charge in [0.15, 0.2) is 17.7 Å². The Hall–Kier alpha value is -3.89. The number of carboxylic acids is 1. The first-order valence-electron chi connectivity index (χ1n) is 11.9. The van der Waals surface area contributed by atoms with E-state index in [0.29, 0.717) is 49.2 Å². The highest BCUT2D eigenvalue weighted by atomic mass is 16.6. The average Bonchev–Trinajstić information content (AvgIpc) is 3.44. The second-order valence-corrected chi connectivity index (χ2v) is 8.88. The van der Waals surface area contributed by atoms with Crippen molar-refractivity contribution in [1.82, 2.24) is 24.4 Å². The molecule has 2 aromatic heterocycles. The SMILES string of the molecule is N#Cc1ccc(/C=C/CN(CCCCC(=O)O)C[C@H]2O[C@@H](n3cnc4c(N)ncnc43)[C@H](O)[C@@H]2O)cc1. The van der Waals surface area contributed by atoms with E-state index in [-0.39, 0.29) is 12.2 Å². The van der Waals surface area contributed by atoms with Crippen molar-refractivity contribution in [3.63, 3.8) is 0 Å². The average molecular weight is 508 g/mol. The molecule has 0 aliphatic carbocycles. The number of rotatable bonds is 11. The van der Waals surface area contributed by atoms with Crippen LogP contribution in [0.4, 0.5) is 5.82 Å². The summed E-state index contributed by atoms with van der Waals surface area (Å²) in [7, 11) is 0. The first-order chi connectivity index (χ1) is 17.9. The van der Waals surface area contributed by atoms with Crippen LogP contribution in [0, 0.1) is 11.3 Å². The van der Waals surface area contributed by atoms with E-state index >= 15 is 0 Å². The molecule has 5 N–H and O–H groups in total. The van der Waals surface area contributed by atoms with E-state index in [4.69, 9.17) is 20.8 Å². The number of nitrogens with zero attached hydrogens (tertiary/aromatic N) is 6. The standard InChI is InChI=1S/C25H29N7O5/c26-12-17-8-6-16(7-9-17)4-3-11-31(10-2-1-5-19(33)34)13-18-21(35)22(36)25(37-18)32-15-30-20-23(27)28-14-29-24(20)32/h3-4,6-9,14-15,18,21-22,25,35-36H,1-2,5,10-11,13H2,(H,33,34)(H2,27,28,29)/b4-3+/t18-,21-,22-,25-/m1/s1. The summed E-state index contributed by atoms with van der Waals surface area (Å²) in [6.07, 6.45) is 3.87. The van der Waals surface area contributed by atoms with Crippen molar-refractivity contribution in [2.75, 3.05) is 25.4 Å². The molecular formula is C25H29N7O5. The third-order valence-electron chi connectivity index (χ3n) is 6.27. The molecular weight excluding hydrogens is 478 g/mol. The molecule has 1 aromatic carbocycles. The number of aliphatic carboxylic acids is 1. The molecule has 0 unspecified atom stereocenters. The molecule has 37 heavy (non-hydrogen) atoms. The number of imidazole rings is 1. The minimum atomic E-state index is -1.22. The maximum atomic E-state index is 10.9. The van der Waals surface area contributed by atoms with E-state index in [1.54, 1.807) is 12.1 Å². The normalized spacial score (nSPS) is 21.7. The van der Waals surface area contributed by atoms with Gasteiger partial charge in [-0.05, 0) is 37.1 Å². The molecule has 1 saturated heterocycles. The molecule has 194 valence electrons. The molecule has 1 aliphatic rings. The van der Waals surface area contributed by atoms with Crippen LogP contribution >= 0.6 is 0 Å². The number of carbonyl (C=O) groups is 1. The minimum Gasteiger partial charge on any atom is -0.481 e. The van der Waals surface area contributed by atoms with E-state index in [1.165, 1.54) is 17.2 Å². The summed E-state index contributed by atoms with van der Waals surface area (Å²) < 4.78 is 7.61. The molecule has 0 saturated carbocycles. The van der Waals surface area contributed by atoms with Crippen molar-refractivity contribution >= 4 is 29.0 Å². The lowest BCUT2D eigenvalue weighted by molar-refractivity contribution is -0.137. The number of aliphatic hydroxyl groups is 2. The third-order valence-corrected chi connectivity index (χ3v) is 6.27. The molecule has 0 bridgehead atoms. The Kier molecular flexibility index (Phi) is 8.42. The molecule has 1 fully saturated rings. The highest BCUT2D eigenvalue weighted by molar-refractivity contribution is 5.81. The van der Waals surface area contributed by atoms with Gasteiger partial charge >= 0.3 is 5.97 Å². The maximum Gasteiger partial charge on any atom is 0.303 e. The largest absolute Gasteiger partial charge is 0.481 e. The van der Waals surface area contributed by atoms with Crippen LogP contribution in [0.5, 0.6) is 0 Å². The Morgan fingerprint density at radius 1 is 1.19 bits per heavy atom. The van der Waals surface area contributed by atoms with Crippen LogP contribution in [0.25, 0.3) is 17.2 Å². The van der Waals surface area contributed by atoms with Crippen molar-refractivity contribution in [3.05, 3.63) is 54.1 Å². The molecule has 3 heterocycles. The third kappa shape index (κ3) is 6.28. The van der Waals surface area contributed by atoms with Crippen molar-refractivity contribution in [2.45, 2.75) is 43.8 Å². The van der Waals surface area contributed by atoms with E-state index in [2.05, 4.69) is 21.0 Å². The fourth-order valence-corrected chi connectivity index (χ4v) is 4.30. The van der Waals surface area contributed by atoms with Gasteiger partial charge in [-0.1, -0.05) is 24.3 Å². The van der Waals surface area contributed by atoms with E-state index in [1.807, 2.05) is 29.2 Å². The van der Waals surface area contributed by atoms with Gasteiger partial charge in [-0.3, -0.25) is 14.3 Å². The van der Waals surface area contributed by atoms with Gasteiger partial charge in [0, 0.05) is 19.5 Å². The van der Waals surface area contributed by atoms with Crippen LogP contribution in [0.2, 0.25) is 0 Å². The number of aromatic nitrogens is 4. The fourth-order valence-electron chi connectivity index (χ4n) is 4.30. The number of hydrogen-bond acceptors (Lipinski definition) is 10. The minimum absolute atomic E-state index is 0.0803. The van der Waals surface area contributed by atoms with Crippen molar-refractivity contribution < 1.29 is 24.9 Å². The smallest absolute Gasteiger partial charge is 0.303 e. The second kappa shape index (κ2) is 11.9. The fraction of sp³-hybridized carbons (Fsp3) is 0.400. The van der Waals surface area contributed by atoms with Crippen LogP contribution < -0.4 is 5.73 Å². The highest BCUT2D eigenvalue weighted by Gasteiger charge is 2.44. The predicted molar refractivity (Wildman–Crippen MR) is 134 cm³/mol. The number of fused-ring (bicyclic) bond motifs is 1. The van der Waals surface area contributed by atoms with Gasteiger partial charge in [0.25, 0.3) is 0 Å². The van der Waals surface area contributed by atoms with Crippen LogP contribution in [0.1, 0.15) is 36.6 Å². The highest BCUT2D eigenvalue weighted by Crippen LogP contribution is 2.32. The number of nitrogens with two attached hydrogens (primary N) is 1. The molecule has 12 nitrogen and oxygen atoms in total. The van der Waals surface area contributed by atoms with Crippen LogP contribution in [-0.2, 0) is 9.53 Å². The number of ether oxygens (including phenoxy) is 1. The molecule has 3 aromatic rings. The predicted octanol–water partition coefficient (Wildman–Crippen LogP) is 1.17. The van der Waals surface area contributed by atoms with Crippen molar-refractivity contribution in [3.8, 4) is 6.07 Å². The van der Waals surface area contributed by atoms with E-state index < -0.39 is 30.5 Å². The van der Waals surface area contributed by atoms with Gasteiger partial charge in [0.05, 0.1) is 18.0 Å². The summed E-state index contributed by atoms with van der Waals surface area (Å²) >= 11 is 0. The lowest BCUT2D eigenvalue weighted by atomic mass is 10.1. The first kappa shape index (κ1) is 26.2. The van der Waals surface area contributed by atoms with E-state index in [9.17, 15) is 15.0 Å². The van der Waals surface area contributed by atoms with Crippen molar-refractivity contribution in [1.29, 1.82) is 5.26 Å². The Bertz CT molecular complexity index is 1290. The van der Waals surface area contributed by atoms with E-state index in [0.717, 1.165) is 5.56 Å². The van der Waals surface area contributed by atoms with Gasteiger partial charge in [-0.2, -0.15) is 5.26 Å². The number of unbranched alkanes of at least 4 members (excludes halogenated alkanes) is 1. The van der Waals surface area contributed by atoms with Gasteiger partial charge in [0.2, 0.25) is 0 Å². The van der Waals surface area contributed by atoms with Gasteiger partial charge in [-0.15, -0.1) is 0 Å². The second-order valence-electron chi connectivity index (χ2n) is 8.88. The number of anilines is 1. The molecule has 0 spiro atoms.